The molecule has 4 bridgehead atoms. The second kappa shape index (κ2) is 6.55. The largest absolute Gasteiger partial charge is 0.320 e. The van der Waals surface area contributed by atoms with Crippen molar-refractivity contribution in [3.8, 4) is 0 Å². The van der Waals surface area contributed by atoms with Gasteiger partial charge in [0.25, 0.3) is 0 Å². The number of ketones is 2. The van der Waals surface area contributed by atoms with E-state index in [1.165, 1.54) is 0 Å². The number of aromatic nitrogens is 4. The number of Topliss-reactive ketones (excluding diaryl/α,β-unsaturated/α-hetero) is 1. The Bertz CT molecular complexity index is 1100. The van der Waals surface area contributed by atoms with Gasteiger partial charge in [0.15, 0.2) is 11.6 Å². The first-order valence-electron chi connectivity index (χ1n) is 9.99. The maximum Gasteiger partial charge on any atom is 0.230 e. The molecule has 3 aliphatic heterocycles. The second-order valence-corrected chi connectivity index (χ2v) is 8.13. The number of hydrogen-bond donors (Lipinski definition) is 0. The molecule has 1 fully saturated rings. The Kier molecular flexibility index (Phi) is 4.06. The number of hydrogen-bond acceptors (Lipinski definition) is 8. The first kappa shape index (κ1) is 18.6. The number of nitrogens with zero attached hydrogens (tertiary/aromatic N) is 6. The molecule has 0 spiro atoms. The minimum atomic E-state index is -0.737. The van der Waals surface area contributed by atoms with E-state index in [0.29, 0.717) is 11.9 Å². The zero-order valence-electron chi connectivity index (χ0n) is 17.3. The van der Waals surface area contributed by atoms with Gasteiger partial charge in [0, 0.05) is 29.0 Å². The van der Waals surface area contributed by atoms with Crippen LogP contribution in [0.2, 0.25) is 0 Å². The summed E-state index contributed by atoms with van der Waals surface area (Å²) in [5.41, 5.74) is 3.25. The van der Waals surface area contributed by atoms with Crippen molar-refractivity contribution < 1.29 is 9.59 Å². The van der Waals surface area contributed by atoms with Gasteiger partial charge >= 0.3 is 0 Å². The van der Waals surface area contributed by atoms with Gasteiger partial charge in [-0.1, -0.05) is 12.2 Å². The maximum absolute atomic E-state index is 13.4. The van der Waals surface area contributed by atoms with E-state index in [1.54, 1.807) is 17.1 Å². The van der Waals surface area contributed by atoms with Gasteiger partial charge in [0.05, 0.1) is 12.0 Å². The number of anilines is 2. The molecule has 0 aliphatic carbocycles. The van der Waals surface area contributed by atoms with Gasteiger partial charge in [-0.25, -0.2) is 19.9 Å². The maximum atomic E-state index is 13.4. The second-order valence-electron chi connectivity index (χ2n) is 8.13. The minimum absolute atomic E-state index is 0.00594. The molecule has 0 aromatic carbocycles. The van der Waals surface area contributed by atoms with Gasteiger partial charge in [-0.05, 0) is 45.9 Å². The van der Waals surface area contributed by atoms with Crippen LogP contribution in [-0.4, -0.2) is 49.6 Å². The summed E-state index contributed by atoms with van der Waals surface area (Å²) in [6, 6.07) is 2.00. The number of carbonyl (C=O) groups excluding carboxylic acids is 2. The van der Waals surface area contributed by atoms with Crippen LogP contribution in [0, 0.1) is 33.6 Å². The molecule has 0 amide bonds. The summed E-state index contributed by atoms with van der Waals surface area (Å²) in [6.45, 7) is 7.57. The average molecular weight is 402 g/mol. The molecule has 0 saturated carbocycles. The van der Waals surface area contributed by atoms with Crippen molar-refractivity contribution >= 4 is 23.5 Å². The topological polar surface area (TPSA) is 92.2 Å². The summed E-state index contributed by atoms with van der Waals surface area (Å²) < 4.78 is 0. The molecule has 3 aliphatic rings. The quantitative estimate of drug-likeness (QED) is 0.751. The van der Waals surface area contributed by atoms with Gasteiger partial charge in [0.1, 0.15) is 12.1 Å². The van der Waals surface area contributed by atoms with Crippen LogP contribution in [-0.2, 0) is 9.59 Å². The van der Waals surface area contributed by atoms with Crippen LogP contribution in [0.4, 0.5) is 11.9 Å². The Balaban J connectivity index is 1.68. The van der Waals surface area contributed by atoms with E-state index < -0.39 is 12.1 Å². The summed E-state index contributed by atoms with van der Waals surface area (Å²) in [5.74, 6) is 0.355. The van der Waals surface area contributed by atoms with Crippen LogP contribution in [0.1, 0.15) is 22.8 Å². The van der Waals surface area contributed by atoms with Crippen molar-refractivity contribution in [2.45, 2.75) is 45.8 Å². The lowest BCUT2D eigenvalue weighted by Gasteiger charge is -2.52. The molecule has 8 nitrogen and oxygen atoms in total. The van der Waals surface area contributed by atoms with Gasteiger partial charge in [0.2, 0.25) is 11.9 Å². The molecule has 2 aromatic heterocycles. The predicted octanol–water partition coefficient (Wildman–Crippen LogP) is 1.78. The van der Waals surface area contributed by atoms with Crippen molar-refractivity contribution in [2.75, 3.05) is 9.80 Å². The first-order valence-corrected chi connectivity index (χ1v) is 9.99. The van der Waals surface area contributed by atoms with Crippen molar-refractivity contribution in [1.82, 2.24) is 19.9 Å². The number of piperidine rings is 1. The number of rotatable bonds is 2. The summed E-state index contributed by atoms with van der Waals surface area (Å²) in [4.78, 5) is 48.4. The van der Waals surface area contributed by atoms with Crippen LogP contribution in [0.3, 0.4) is 0 Å². The molecule has 4 unspecified atom stereocenters. The number of aryl methyl sites for hydroxylation is 4. The summed E-state index contributed by atoms with van der Waals surface area (Å²) in [5, 5.41) is 0. The normalized spacial score (nSPS) is 27.1. The van der Waals surface area contributed by atoms with Crippen LogP contribution in [0.5, 0.6) is 0 Å². The zero-order valence-corrected chi connectivity index (χ0v) is 17.3. The average Bonchev–Trinajstić information content (AvgIpc) is 2.65. The highest BCUT2D eigenvalue weighted by molar-refractivity contribution is 6.08. The van der Waals surface area contributed by atoms with Crippen LogP contribution >= 0.6 is 0 Å². The third-order valence-electron chi connectivity index (χ3n) is 5.81. The number of fused-ring (bicyclic) bond motifs is 6. The van der Waals surface area contributed by atoms with Crippen molar-refractivity contribution in [2.24, 2.45) is 5.92 Å². The first-order chi connectivity index (χ1) is 14.3. The smallest absolute Gasteiger partial charge is 0.230 e. The molecule has 0 N–H and O–H groups in total. The van der Waals surface area contributed by atoms with E-state index in [0.717, 1.165) is 22.8 Å². The van der Waals surface area contributed by atoms with Crippen molar-refractivity contribution in [3.05, 3.63) is 59.3 Å². The third kappa shape index (κ3) is 2.74. The number of carbonyl (C=O) groups is 2. The molecular formula is C22H22N6O2. The van der Waals surface area contributed by atoms with E-state index in [-0.39, 0.29) is 23.5 Å². The van der Waals surface area contributed by atoms with Gasteiger partial charge in [-0.15, -0.1) is 0 Å². The molecule has 5 rings (SSSR count). The fourth-order valence-electron chi connectivity index (χ4n) is 4.70. The molecule has 0 radical (unpaired) electrons. The molecule has 152 valence electrons. The van der Waals surface area contributed by atoms with Crippen molar-refractivity contribution in [1.29, 1.82) is 0 Å². The monoisotopic (exact) mass is 402 g/mol. The van der Waals surface area contributed by atoms with Gasteiger partial charge < -0.3 is 9.80 Å². The lowest BCUT2D eigenvalue weighted by Crippen LogP contribution is -2.71. The fraction of sp³-hybridized carbons (Fsp3) is 0.364. The molecule has 2 aromatic rings. The van der Waals surface area contributed by atoms with E-state index in [1.807, 2.05) is 57.0 Å². The Morgan fingerprint density at radius 2 is 1.33 bits per heavy atom. The summed E-state index contributed by atoms with van der Waals surface area (Å²) in [7, 11) is 0. The SMILES string of the molecule is Cc1cc(C)nc(N2C=CC3C(=O)C2C2C(=O)C=CC3N2c2nc(C)cc(C)n2)n1. The van der Waals surface area contributed by atoms with Crippen molar-refractivity contribution in [3.63, 3.8) is 0 Å². The highest BCUT2D eigenvalue weighted by Gasteiger charge is 2.56. The lowest BCUT2D eigenvalue weighted by atomic mass is 9.74. The molecule has 8 heteroatoms. The minimum Gasteiger partial charge on any atom is -0.320 e. The van der Waals surface area contributed by atoms with Crippen LogP contribution in [0.15, 0.2) is 36.6 Å². The molecule has 1 saturated heterocycles. The highest BCUT2D eigenvalue weighted by atomic mass is 16.1. The highest BCUT2D eigenvalue weighted by Crippen LogP contribution is 2.39. The lowest BCUT2D eigenvalue weighted by molar-refractivity contribution is -0.129. The van der Waals surface area contributed by atoms with E-state index in [4.69, 9.17) is 0 Å². The van der Waals surface area contributed by atoms with E-state index in [2.05, 4.69) is 19.9 Å². The predicted molar refractivity (Wildman–Crippen MR) is 111 cm³/mol. The molecular weight excluding hydrogens is 380 g/mol. The van der Waals surface area contributed by atoms with Crippen LogP contribution < -0.4 is 9.80 Å². The standard InChI is InChI=1S/C22H22N6O2/c1-11-9-12(2)24-21(23-11)27-8-7-15-16-5-6-17(29)18(19(27)20(15)30)28(16)22-25-13(3)10-14(4)26-22/h5-10,15-16,18-19H,1-4H3. The van der Waals surface area contributed by atoms with Crippen LogP contribution in [0.25, 0.3) is 0 Å². The Labute approximate surface area is 174 Å². The summed E-state index contributed by atoms with van der Waals surface area (Å²) in [6.07, 6.45) is 7.10. The fourth-order valence-corrected chi connectivity index (χ4v) is 4.70. The summed E-state index contributed by atoms with van der Waals surface area (Å²) >= 11 is 0. The molecule has 30 heavy (non-hydrogen) atoms. The Hall–Kier alpha value is -3.42. The molecule has 4 atom stereocenters. The van der Waals surface area contributed by atoms with E-state index in [9.17, 15) is 9.59 Å². The van der Waals surface area contributed by atoms with Gasteiger partial charge in [-0.2, -0.15) is 0 Å². The Morgan fingerprint density at radius 3 is 1.93 bits per heavy atom. The molecule has 5 heterocycles. The zero-order chi connectivity index (χ0) is 21.2. The third-order valence-corrected chi connectivity index (χ3v) is 5.81. The Morgan fingerprint density at radius 1 is 0.767 bits per heavy atom. The van der Waals surface area contributed by atoms with E-state index >= 15 is 0 Å². The van der Waals surface area contributed by atoms with Gasteiger partial charge in [-0.3, -0.25) is 9.59 Å².